The van der Waals surface area contributed by atoms with E-state index in [1.807, 2.05) is 0 Å². The van der Waals surface area contributed by atoms with Gasteiger partial charge in [-0.25, -0.2) is 8.42 Å². The molecule has 5 nitrogen and oxygen atoms in total. The van der Waals surface area contributed by atoms with Crippen LogP contribution in [-0.2, 0) is 21.4 Å². The summed E-state index contributed by atoms with van der Waals surface area (Å²) < 4.78 is 24.8. The Morgan fingerprint density at radius 1 is 1.28 bits per heavy atom. The number of sulfonamides is 1. The van der Waals surface area contributed by atoms with E-state index in [0.29, 0.717) is 12.2 Å². The highest BCUT2D eigenvalue weighted by molar-refractivity contribution is 7.92. The summed E-state index contributed by atoms with van der Waals surface area (Å²) in [6, 6.07) is 6.97. The third-order valence-corrected chi connectivity index (χ3v) is 2.88. The fourth-order valence-electron chi connectivity index (χ4n) is 1.36. The minimum atomic E-state index is -3.32. The predicted octanol–water partition coefficient (Wildman–Crippen LogP) is 1.33. The Kier molecular flexibility index (Phi) is 4.72. The van der Waals surface area contributed by atoms with Crippen molar-refractivity contribution in [3.8, 4) is 0 Å². The number of amides is 1. The van der Waals surface area contributed by atoms with E-state index >= 15 is 0 Å². The fraction of sp³-hybridized carbons (Fsp3) is 0.417. The standard InChI is InChI=1S/C12H18N2O3S/c1-9(2)12(15)13-8-10-6-4-5-7-11(10)14-18(3,16)17/h4-7,9,14H,8H2,1-3H3,(H,13,15). The molecule has 1 aromatic carbocycles. The van der Waals surface area contributed by atoms with Gasteiger partial charge in [0, 0.05) is 12.5 Å². The van der Waals surface area contributed by atoms with Crippen LogP contribution < -0.4 is 10.0 Å². The van der Waals surface area contributed by atoms with Crippen molar-refractivity contribution in [2.24, 2.45) is 5.92 Å². The van der Waals surface area contributed by atoms with Crippen LogP contribution in [0.3, 0.4) is 0 Å². The van der Waals surface area contributed by atoms with Gasteiger partial charge in [0.2, 0.25) is 15.9 Å². The Morgan fingerprint density at radius 2 is 1.89 bits per heavy atom. The van der Waals surface area contributed by atoms with Crippen LogP contribution in [0.25, 0.3) is 0 Å². The Balaban J connectivity index is 2.80. The van der Waals surface area contributed by atoms with Crippen molar-refractivity contribution in [1.29, 1.82) is 0 Å². The molecule has 0 saturated carbocycles. The number of rotatable bonds is 5. The lowest BCUT2D eigenvalue weighted by Gasteiger charge is -2.12. The summed E-state index contributed by atoms with van der Waals surface area (Å²) in [4.78, 5) is 11.5. The zero-order chi connectivity index (χ0) is 13.8. The zero-order valence-corrected chi connectivity index (χ0v) is 11.5. The topological polar surface area (TPSA) is 75.3 Å². The molecule has 0 heterocycles. The normalized spacial score (nSPS) is 11.3. The van der Waals surface area contributed by atoms with Crippen LogP contribution in [0.2, 0.25) is 0 Å². The summed E-state index contributed by atoms with van der Waals surface area (Å²) in [6.07, 6.45) is 1.09. The number of para-hydroxylation sites is 1. The molecule has 18 heavy (non-hydrogen) atoms. The number of benzene rings is 1. The number of carbonyl (C=O) groups excluding carboxylic acids is 1. The Morgan fingerprint density at radius 3 is 2.44 bits per heavy atom. The average molecular weight is 270 g/mol. The van der Waals surface area contributed by atoms with Gasteiger partial charge in [0.25, 0.3) is 0 Å². The average Bonchev–Trinajstić information content (AvgIpc) is 2.25. The van der Waals surface area contributed by atoms with Crippen molar-refractivity contribution >= 4 is 21.6 Å². The SMILES string of the molecule is CC(C)C(=O)NCc1ccccc1NS(C)(=O)=O. The van der Waals surface area contributed by atoms with E-state index in [1.165, 1.54) is 0 Å². The molecule has 0 spiro atoms. The van der Waals surface area contributed by atoms with Crippen molar-refractivity contribution in [2.75, 3.05) is 11.0 Å². The van der Waals surface area contributed by atoms with Crippen LogP contribution in [-0.4, -0.2) is 20.6 Å². The van der Waals surface area contributed by atoms with Gasteiger partial charge >= 0.3 is 0 Å². The molecule has 0 aliphatic rings. The number of carbonyl (C=O) groups is 1. The van der Waals surface area contributed by atoms with E-state index in [4.69, 9.17) is 0 Å². The van der Waals surface area contributed by atoms with Gasteiger partial charge < -0.3 is 5.32 Å². The first kappa shape index (κ1) is 14.5. The summed E-state index contributed by atoms with van der Waals surface area (Å²) in [7, 11) is -3.32. The molecule has 1 rings (SSSR count). The second-order valence-electron chi connectivity index (χ2n) is 4.40. The van der Waals surface area contributed by atoms with Gasteiger partial charge in [0.15, 0.2) is 0 Å². The van der Waals surface area contributed by atoms with Crippen LogP contribution >= 0.6 is 0 Å². The van der Waals surface area contributed by atoms with Gasteiger partial charge in [-0.2, -0.15) is 0 Å². The fourth-order valence-corrected chi connectivity index (χ4v) is 1.96. The van der Waals surface area contributed by atoms with Crippen LogP contribution in [0, 0.1) is 5.92 Å². The molecule has 0 aliphatic heterocycles. The number of hydrogen-bond donors (Lipinski definition) is 2. The van der Waals surface area contributed by atoms with Crippen molar-refractivity contribution in [3.63, 3.8) is 0 Å². The highest BCUT2D eigenvalue weighted by atomic mass is 32.2. The maximum Gasteiger partial charge on any atom is 0.229 e. The van der Waals surface area contributed by atoms with Gasteiger partial charge in [-0.1, -0.05) is 32.0 Å². The molecule has 0 aromatic heterocycles. The number of nitrogens with one attached hydrogen (secondary N) is 2. The van der Waals surface area contributed by atoms with Crippen LogP contribution in [0.4, 0.5) is 5.69 Å². The van der Waals surface area contributed by atoms with Gasteiger partial charge in [0.05, 0.1) is 11.9 Å². The second kappa shape index (κ2) is 5.86. The van der Waals surface area contributed by atoms with E-state index in [0.717, 1.165) is 11.8 Å². The lowest BCUT2D eigenvalue weighted by atomic mass is 10.1. The first-order valence-corrected chi connectivity index (χ1v) is 7.52. The zero-order valence-electron chi connectivity index (χ0n) is 10.7. The van der Waals surface area contributed by atoms with Gasteiger partial charge in [-0.15, -0.1) is 0 Å². The number of anilines is 1. The van der Waals surface area contributed by atoms with Crippen LogP contribution in [0.5, 0.6) is 0 Å². The van der Waals surface area contributed by atoms with E-state index in [-0.39, 0.29) is 11.8 Å². The molecule has 0 saturated heterocycles. The quantitative estimate of drug-likeness (QED) is 0.847. The molecular weight excluding hydrogens is 252 g/mol. The second-order valence-corrected chi connectivity index (χ2v) is 6.15. The van der Waals surface area contributed by atoms with E-state index < -0.39 is 10.0 Å². The molecule has 1 amide bonds. The molecule has 100 valence electrons. The first-order valence-electron chi connectivity index (χ1n) is 5.63. The highest BCUT2D eigenvalue weighted by Crippen LogP contribution is 2.16. The van der Waals surface area contributed by atoms with E-state index in [2.05, 4.69) is 10.0 Å². The molecule has 0 aliphatic carbocycles. The molecule has 2 N–H and O–H groups in total. The van der Waals surface area contributed by atoms with Crippen LogP contribution in [0.15, 0.2) is 24.3 Å². The van der Waals surface area contributed by atoms with Gasteiger partial charge in [-0.3, -0.25) is 9.52 Å². The van der Waals surface area contributed by atoms with Crippen molar-refractivity contribution in [2.45, 2.75) is 20.4 Å². The van der Waals surface area contributed by atoms with E-state index in [9.17, 15) is 13.2 Å². The smallest absolute Gasteiger partial charge is 0.229 e. The summed E-state index contributed by atoms with van der Waals surface area (Å²) in [5.41, 5.74) is 1.22. The van der Waals surface area contributed by atoms with Crippen LogP contribution in [0.1, 0.15) is 19.4 Å². The minimum absolute atomic E-state index is 0.0656. The molecule has 0 unspecified atom stereocenters. The van der Waals surface area contributed by atoms with Gasteiger partial charge in [-0.05, 0) is 11.6 Å². The molecule has 6 heteroatoms. The third-order valence-electron chi connectivity index (χ3n) is 2.29. The van der Waals surface area contributed by atoms with Crippen molar-refractivity contribution in [1.82, 2.24) is 5.32 Å². The summed E-state index contributed by atoms with van der Waals surface area (Å²) in [5.74, 6) is -0.163. The van der Waals surface area contributed by atoms with Crippen molar-refractivity contribution < 1.29 is 13.2 Å². The number of hydrogen-bond acceptors (Lipinski definition) is 3. The monoisotopic (exact) mass is 270 g/mol. The molecule has 1 aromatic rings. The summed E-state index contributed by atoms with van der Waals surface area (Å²) >= 11 is 0. The molecule has 0 atom stereocenters. The Bertz CT molecular complexity index is 524. The Labute approximate surface area is 108 Å². The maximum absolute atomic E-state index is 11.5. The predicted molar refractivity (Wildman–Crippen MR) is 71.6 cm³/mol. The van der Waals surface area contributed by atoms with Crippen molar-refractivity contribution in [3.05, 3.63) is 29.8 Å². The molecular formula is C12H18N2O3S. The molecule has 0 bridgehead atoms. The lowest BCUT2D eigenvalue weighted by molar-refractivity contribution is -0.124. The lowest BCUT2D eigenvalue weighted by Crippen LogP contribution is -2.27. The molecule has 0 radical (unpaired) electrons. The third kappa shape index (κ3) is 4.75. The summed E-state index contributed by atoms with van der Waals surface area (Å²) in [6.45, 7) is 3.90. The van der Waals surface area contributed by atoms with Gasteiger partial charge in [0.1, 0.15) is 0 Å². The highest BCUT2D eigenvalue weighted by Gasteiger charge is 2.09. The minimum Gasteiger partial charge on any atom is -0.352 e. The first-order chi connectivity index (χ1) is 8.29. The maximum atomic E-state index is 11.5. The molecule has 0 fully saturated rings. The Hall–Kier alpha value is -1.56. The largest absolute Gasteiger partial charge is 0.352 e. The van der Waals surface area contributed by atoms with E-state index in [1.54, 1.807) is 38.1 Å². The summed E-state index contributed by atoms with van der Waals surface area (Å²) in [5, 5.41) is 2.75.